The van der Waals surface area contributed by atoms with Crippen LogP contribution < -0.4 is 5.32 Å². The van der Waals surface area contributed by atoms with Gasteiger partial charge in [0, 0.05) is 24.3 Å². The third kappa shape index (κ3) is 3.14. The fourth-order valence-electron chi connectivity index (χ4n) is 3.22. The number of nitrogens with zero attached hydrogens (tertiary/aromatic N) is 2. The number of hydrogen-bond acceptors (Lipinski definition) is 2. The van der Waals surface area contributed by atoms with Crippen molar-refractivity contribution in [2.75, 3.05) is 6.54 Å². The lowest BCUT2D eigenvalue weighted by Crippen LogP contribution is -2.26. The Morgan fingerprint density at radius 2 is 2.28 bits per heavy atom. The zero-order valence-electron chi connectivity index (χ0n) is 12.0. The van der Waals surface area contributed by atoms with Crippen molar-refractivity contribution >= 4 is 0 Å². The summed E-state index contributed by atoms with van der Waals surface area (Å²) in [5, 5.41) is 8.14. The second-order valence-electron chi connectivity index (χ2n) is 5.75. The van der Waals surface area contributed by atoms with Gasteiger partial charge in [-0.3, -0.25) is 4.68 Å². The molecule has 0 amide bonds. The molecule has 0 saturated heterocycles. The Morgan fingerprint density at radius 1 is 1.44 bits per heavy atom. The van der Waals surface area contributed by atoms with Gasteiger partial charge in [-0.2, -0.15) is 5.10 Å². The predicted molar refractivity (Wildman–Crippen MR) is 75.4 cm³/mol. The van der Waals surface area contributed by atoms with E-state index in [1.54, 1.807) is 0 Å². The number of aromatic nitrogens is 2. The molecule has 3 atom stereocenters. The lowest BCUT2D eigenvalue weighted by atomic mass is 9.92. The van der Waals surface area contributed by atoms with Gasteiger partial charge >= 0.3 is 0 Å². The van der Waals surface area contributed by atoms with E-state index in [4.69, 9.17) is 0 Å². The molecule has 0 spiro atoms. The standard InChI is InChI=1S/C15H27N3/c1-4-8-18-11-14(10-17-18)15(16-5-2)13-7-6-12(3)9-13/h10-13,15-16H,4-9H2,1-3H3. The minimum atomic E-state index is 0.505. The van der Waals surface area contributed by atoms with Gasteiger partial charge in [0.1, 0.15) is 0 Å². The van der Waals surface area contributed by atoms with Gasteiger partial charge in [0.25, 0.3) is 0 Å². The highest BCUT2D eigenvalue weighted by Crippen LogP contribution is 2.38. The van der Waals surface area contributed by atoms with E-state index in [1.165, 1.54) is 24.8 Å². The summed E-state index contributed by atoms with van der Waals surface area (Å²) in [5.41, 5.74) is 1.38. The smallest absolute Gasteiger partial charge is 0.0537 e. The Balaban J connectivity index is 2.08. The summed E-state index contributed by atoms with van der Waals surface area (Å²) in [7, 11) is 0. The molecule has 3 heteroatoms. The van der Waals surface area contributed by atoms with Crippen molar-refractivity contribution in [2.45, 2.75) is 59.0 Å². The monoisotopic (exact) mass is 249 g/mol. The predicted octanol–water partition coefficient (Wildman–Crippen LogP) is 3.38. The van der Waals surface area contributed by atoms with Crippen LogP contribution in [0.3, 0.4) is 0 Å². The highest BCUT2D eigenvalue weighted by molar-refractivity contribution is 5.12. The van der Waals surface area contributed by atoms with Crippen molar-refractivity contribution in [3.8, 4) is 0 Å². The third-order valence-electron chi connectivity index (χ3n) is 4.10. The maximum atomic E-state index is 4.48. The summed E-state index contributed by atoms with van der Waals surface area (Å²) >= 11 is 0. The molecule has 0 radical (unpaired) electrons. The topological polar surface area (TPSA) is 29.9 Å². The van der Waals surface area contributed by atoms with E-state index in [1.807, 2.05) is 0 Å². The van der Waals surface area contributed by atoms with Crippen LogP contribution in [0.15, 0.2) is 12.4 Å². The first-order valence-electron chi connectivity index (χ1n) is 7.50. The Hall–Kier alpha value is -0.830. The van der Waals surface area contributed by atoms with E-state index in [-0.39, 0.29) is 0 Å². The molecule has 102 valence electrons. The van der Waals surface area contributed by atoms with Crippen LogP contribution in [0.1, 0.15) is 58.1 Å². The molecule has 0 aromatic carbocycles. The van der Waals surface area contributed by atoms with Crippen molar-refractivity contribution in [2.24, 2.45) is 11.8 Å². The fourth-order valence-corrected chi connectivity index (χ4v) is 3.22. The van der Waals surface area contributed by atoms with Crippen LogP contribution in [-0.4, -0.2) is 16.3 Å². The van der Waals surface area contributed by atoms with Gasteiger partial charge in [-0.05, 0) is 37.6 Å². The average Bonchev–Trinajstić information content (AvgIpc) is 2.96. The lowest BCUT2D eigenvalue weighted by molar-refractivity contribution is 0.364. The first kappa shape index (κ1) is 13.6. The van der Waals surface area contributed by atoms with Crippen LogP contribution >= 0.6 is 0 Å². The minimum Gasteiger partial charge on any atom is -0.310 e. The first-order valence-corrected chi connectivity index (χ1v) is 7.50. The van der Waals surface area contributed by atoms with Crippen LogP contribution in [-0.2, 0) is 6.54 Å². The molecule has 0 bridgehead atoms. The number of hydrogen-bond donors (Lipinski definition) is 1. The van der Waals surface area contributed by atoms with E-state index in [2.05, 4.69) is 48.3 Å². The Morgan fingerprint density at radius 3 is 2.89 bits per heavy atom. The normalized spacial score (nSPS) is 25.5. The summed E-state index contributed by atoms with van der Waals surface area (Å²) in [5.74, 6) is 1.68. The van der Waals surface area contributed by atoms with Crippen molar-refractivity contribution in [3.63, 3.8) is 0 Å². The molecule has 3 unspecified atom stereocenters. The van der Waals surface area contributed by atoms with Crippen LogP contribution in [0.4, 0.5) is 0 Å². The molecule has 0 aliphatic heterocycles. The molecule has 1 aliphatic rings. The van der Waals surface area contributed by atoms with Crippen molar-refractivity contribution < 1.29 is 0 Å². The maximum Gasteiger partial charge on any atom is 0.0537 e. The molecular weight excluding hydrogens is 222 g/mol. The maximum absolute atomic E-state index is 4.48. The second kappa shape index (κ2) is 6.37. The second-order valence-corrected chi connectivity index (χ2v) is 5.75. The van der Waals surface area contributed by atoms with E-state index in [0.29, 0.717) is 6.04 Å². The van der Waals surface area contributed by atoms with Crippen molar-refractivity contribution in [1.82, 2.24) is 15.1 Å². The number of aryl methyl sites for hydroxylation is 1. The largest absolute Gasteiger partial charge is 0.310 e. The van der Waals surface area contributed by atoms with Gasteiger partial charge in [0.2, 0.25) is 0 Å². The van der Waals surface area contributed by atoms with Gasteiger partial charge in [-0.15, -0.1) is 0 Å². The summed E-state index contributed by atoms with van der Waals surface area (Å²) in [6.45, 7) is 8.83. The number of nitrogens with one attached hydrogen (secondary N) is 1. The quantitative estimate of drug-likeness (QED) is 0.837. The third-order valence-corrected chi connectivity index (χ3v) is 4.10. The summed E-state index contributed by atoms with van der Waals surface area (Å²) in [6, 6.07) is 0.505. The highest BCUT2D eigenvalue weighted by Gasteiger charge is 2.29. The minimum absolute atomic E-state index is 0.505. The van der Waals surface area contributed by atoms with Gasteiger partial charge in [-0.1, -0.05) is 27.2 Å². The van der Waals surface area contributed by atoms with Crippen LogP contribution in [0.25, 0.3) is 0 Å². The Kier molecular flexibility index (Phi) is 4.81. The summed E-state index contributed by atoms with van der Waals surface area (Å²) in [6.07, 6.45) is 9.54. The zero-order chi connectivity index (χ0) is 13.0. The Bertz CT molecular complexity index is 358. The molecule has 1 N–H and O–H groups in total. The SMILES string of the molecule is CCCn1cc(C(NCC)C2CCC(C)C2)cn1. The Labute approximate surface area is 111 Å². The number of rotatable bonds is 6. The molecule has 3 nitrogen and oxygen atoms in total. The zero-order valence-corrected chi connectivity index (χ0v) is 12.0. The molecule has 1 heterocycles. The molecule has 1 aromatic rings. The summed E-state index contributed by atoms with van der Waals surface area (Å²) in [4.78, 5) is 0. The lowest BCUT2D eigenvalue weighted by Gasteiger charge is -2.23. The van der Waals surface area contributed by atoms with E-state index in [0.717, 1.165) is 31.3 Å². The highest BCUT2D eigenvalue weighted by atomic mass is 15.3. The van der Waals surface area contributed by atoms with Crippen LogP contribution in [0.2, 0.25) is 0 Å². The van der Waals surface area contributed by atoms with Crippen LogP contribution in [0.5, 0.6) is 0 Å². The van der Waals surface area contributed by atoms with E-state index < -0.39 is 0 Å². The molecule has 1 saturated carbocycles. The van der Waals surface area contributed by atoms with E-state index >= 15 is 0 Å². The van der Waals surface area contributed by atoms with Gasteiger partial charge in [-0.25, -0.2) is 0 Å². The molecule has 1 fully saturated rings. The summed E-state index contributed by atoms with van der Waals surface area (Å²) < 4.78 is 2.08. The first-order chi connectivity index (χ1) is 8.74. The van der Waals surface area contributed by atoms with Crippen LogP contribution in [0, 0.1) is 11.8 Å². The molecule has 1 aromatic heterocycles. The molecular formula is C15H27N3. The van der Waals surface area contributed by atoms with Crippen molar-refractivity contribution in [3.05, 3.63) is 18.0 Å². The van der Waals surface area contributed by atoms with Gasteiger partial charge in [0.15, 0.2) is 0 Å². The van der Waals surface area contributed by atoms with Gasteiger partial charge in [0.05, 0.1) is 6.20 Å². The molecule has 18 heavy (non-hydrogen) atoms. The molecule has 2 rings (SSSR count). The average molecular weight is 249 g/mol. The van der Waals surface area contributed by atoms with Gasteiger partial charge < -0.3 is 5.32 Å². The van der Waals surface area contributed by atoms with Crippen molar-refractivity contribution in [1.29, 1.82) is 0 Å². The fraction of sp³-hybridized carbons (Fsp3) is 0.800. The molecule has 1 aliphatic carbocycles. The van der Waals surface area contributed by atoms with E-state index in [9.17, 15) is 0 Å².